The Balaban J connectivity index is 1.49. The molecule has 11 heteroatoms. The van der Waals surface area contributed by atoms with Gasteiger partial charge in [0.1, 0.15) is 37.2 Å². The maximum absolute atomic E-state index is 13.3. The maximum Gasteiger partial charge on any atom is 0.293 e. The van der Waals surface area contributed by atoms with Gasteiger partial charge in [0.05, 0.1) is 33.5 Å². The molecule has 3 aromatic rings. The molecule has 1 amide bonds. The van der Waals surface area contributed by atoms with Crippen molar-refractivity contribution in [1.29, 1.82) is 0 Å². The van der Waals surface area contributed by atoms with Crippen molar-refractivity contribution in [2.75, 3.05) is 34.0 Å². The fourth-order valence-corrected chi connectivity index (χ4v) is 6.95. The predicted octanol–water partition coefficient (Wildman–Crippen LogP) is 5.29. The van der Waals surface area contributed by atoms with Crippen LogP contribution in [0.3, 0.4) is 0 Å². The topological polar surface area (TPSA) is 75.7 Å². The molecule has 2 heterocycles. The monoisotopic (exact) mass is 605 g/mol. The largest absolute Gasteiger partial charge is 0.497 e. The lowest BCUT2D eigenvalue weighted by molar-refractivity contribution is -0.127. The first-order valence-electron chi connectivity index (χ1n) is 13.9. The number of methoxy groups -OCH3 is 2. The Morgan fingerprint density at radius 1 is 1.02 bits per heavy atom. The summed E-state index contributed by atoms with van der Waals surface area (Å²) in [6.07, 6.45) is 0.282. The van der Waals surface area contributed by atoms with E-state index in [0.717, 1.165) is 16.7 Å². The Morgan fingerprint density at radius 3 is 2.14 bits per heavy atom. The smallest absolute Gasteiger partial charge is 0.293 e. The fraction of sp³-hybridized carbons (Fsp3) is 0.344. The summed E-state index contributed by atoms with van der Waals surface area (Å²) in [5.41, 5.74) is 1.55. The van der Waals surface area contributed by atoms with E-state index in [1.54, 1.807) is 20.3 Å². The summed E-state index contributed by atoms with van der Waals surface area (Å²) in [5.74, 6) is 0.722. The van der Waals surface area contributed by atoms with Crippen LogP contribution in [0.5, 0.6) is 11.5 Å². The van der Waals surface area contributed by atoms with Crippen molar-refractivity contribution in [1.82, 2.24) is 4.67 Å². The molecule has 8 nitrogen and oxygen atoms in total. The summed E-state index contributed by atoms with van der Waals surface area (Å²) >= 11 is 0. The van der Waals surface area contributed by atoms with Gasteiger partial charge >= 0.3 is 0 Å². The van der Waals surface area contributed by atoms with E-state index < -0.39 is 51.0 Å². The second kappa shape index (κ2) is 14.0. The standard InChI is InChI=1S/C32H34BFNO7P/c1-4-25-20-35(31(36)19-34)43(41-25)42-28-18-30(33)40-29(28)21-39-32(22-8-6-5-7-9-22,23-10-14-26(37-2)15-11-23)24-12-16-27(38-3)17-13-24/h4-17,25,28-30H,1,18-21H2,2-3H3/t25?,28?,29-,30-,43?/m1/s1. The van der Waals surface area contributed by atoms with Crippen LogP contribution in [0.4, 0.5) is 4.39 Å². The lowest BCUT2D eigenvalue weighted by Gasteiger charge is -2.37. The van der Waals surface area contributed by atoms with Crippen molar-refractivity contribution in [3.05, 3.63) is 108 Å². The van der Waals surface area contributed by atoms with Gasteiger partial charge in [-0.05, 0) is 47.4 Å². The molecule has 2 radical (unpaired) electrons. The summed E-state index contributed by atoms with van der Waals surface area (Å²) in [5, 5.41) is 0. The van der Waals surface area contributed by atoms with Crippen LogP contribution in [0, 0.1) is 0 Å². The van der Waals surface area contributed by atoms with Gasteiger partial charge in [-0.25, -0.2) is 4.39 Å². The van der Waals surface area contributed by atoms with Crippen LogP contribution in [0.2, 0.25) is 0 Å². The molecule has 0 saturated carbocycles. The number of hydrogen-bond acceptors (Lipinski definition) is 7. The second-order valence-electron chi connectivity index (χ2n) is 10.1. The molecule has 0 bridgehead atoms. The molecule has 5 rings (SSSR count). The van der Waals surface area contributed by atoms with Gasteiger partial charge in [-0.15, -0.1) is 6.58 Å². The third-order valence-electron chi connectivity index (χ3n) is 7.53. The Labute approximate surface area is 254 Å². The van der Waals surface area contributed by atoms with E-state index in [1.807, 2.05) is 78.9 Å². The van der Waals surface area contributed by atoms with E-state index in [2.05, 4.69) is 6.58 Å². The number of benzene rings is 3. The predicted molar refractivity (Wildman–Crippen MR) is 162 cm³/mol. The van der Waals surface area contributed by atoms with Crippen molar-refractivity contribution in [2.24, 2.45) is 0 Å². The first-order valence-corrected chi connectivity index (χ1v) is 15.1. The number of carbonyl (C=O) groups excluding carboxylic acids is 1. The van der Waals surface area contributed by atoms with Crippen molar-refractivity contribution < 1.29 is 37.2 Å². The number of amides is 1. The van der Waals surface area contributed by atoms with E-state index in [-0.39, 0.29) is 13.2 Å². The van der Waals surface area contributed by atoms with E-state index >= 15 is 0 Å². The van der Waals surface area contributed by atoms with E-state index in [1.165, 1.54) is 4.67 Å². The Hall–Kier alpha value is -3.27. The minimum absolute atomic E-state index is 0.0798. The van der Waals surface area contributed by atoms with Crippen LogP contribution in [-0.2, 0) is 28.9 Å². The average Bonchev–Trinajstić information content (AvgIpc) is 3.64. The minimum Gasteiger partial charge on any atom is -0.497 e. The van der Waals surface area contributed by atoms with Crippen molar-refractivity contribution in [3.63, 3.8) is 0 Å². The normalized spacial score (nSPS) is 23.7. The summed E-state index contributed by atoms with van der Waals surface area (Å²) < 4.78 is 50.7. The zero-order valence-corrected chi connectivity index (χ0v) is 25.0. The molecule has 224 valence electrons. The van der Waals surface area contributed by atoms with Gasteiger partial charge in [0.15, 0.2) is 6.67 Å². The first kappa shape index (κ1) is 31.2. The number of nitrogens with zero attached hydrogens (tertiary/aromatic N) is 1. The zero-order chi connectivity index (χ0) is 30.4. The maximum atomic E-state index is 13.3. The lowest BCUT2D eigenvalue weighted by atomic mass is 9.80. The molecule has 0 spiro atoms. The molecule has 0 N–H and O–H groups in total. The van der Waals surface area contributed by atoms with Gasteiger partial charge in [0, 0.05) is 6.00 Å². The van der Waals surface area contributed by atoms with E-state index in [4.69, 9.17) is 35.8 Å². The summed E-state index contributed by atoms with van der Waals surface area (Å²) in [6.45, 7) is 2.84. The number of hydrogen-bond donors (Lipinski definition) is 0. The Bertz CT molecular complexity index is 1320. The molecule has 0 aromatic heterocycles. The van der Waals surface area contributed by atoms with E-state index in [0.29, 0.717) is 17.9 Å². The molecule has 5 atom stereocenters. The molecule has 43 heavy (non-hydrogen) atoms. The van der Waals surface area contributed by atoms with Gasteiger partial charge in [-0.2, -0.15) is 0 Å². The summed E-state index contributed by atoms with van der Waals surface area (Å²) in [4.78, 5) is 12.3. The highest BCUT2D eigenvalue weighted by Crippen LogP contribution is 2.52. The third kappa shape index (κ3) is 6.64. The second-order valence-corrected chi connectivity index (χ2v) is 11.5. The molecule has 2 saturated heterocycles. The molecule has 2 aliphatic rings. The number of rotatable bonds is 12. The fourth-order valence-electron chi connectivity index (χ4n) is 5.31. The van der Waals surface area contributed by atoms with Crippen LogP contribution in [-0.4, -0.2) is 76.8 Å². The number of halogens is 1. The van der Waals surface area contributed by atoms with E-state index in [9.17, 15) is 9.18 Å². The molecule has 2 aliphatic heterocycles. The van der Waals surface area contributed by atoms with Gasteiger partial charge in [0.2, 0.25) is 0 Å². The molecule has 0 aliphatic carbocycles. The lowest BCUT2D eigenvalue weighted by Crippen LogP contribution is -2.38. The number of ether oxygens (including phenoxy) is 4. The van der Waals surface area contributed by atoms with Crippen LogP contribution in [0.15, 0.2) is 91.5 Å². The number of carbonyl (C=O) groups is 1. The molecule has 2 fully saturated rings. The van der Waals surface area contributed by atoms with Crippen LogP contribution < -0.4 is 9.47 Å². The quantitative estimate of drug-likeness (QED) is 0.120. The van der Waals surface area contributed by atoms with Crippen molar-refractivity contribution >= 4 is 22.3 Å². The molecular weight excluding hydrogens is 571 g/mol. The van der Waals surface area contributed by atoms with Crippen LogP contribution in [0.1, 0.15) is 23.1 Å². The SMILES string of the molecule is [B][C@H]1CC(OP2OC(C=C)CN2C(=O)CF)[C@@H](COC(c2ccccc2)(c2ccc(OC)cc2)c2ccc(OC)cc2)O1. The Kier molecular flexibility index (Phi) is 10.2. The van der Waals surface area contributed by atoms with Crippen LogP contribution in [0.25, 0.3) is 0 Å². The molecule has 3 aromatic carbocycles. The van der Waals surface area contributed by atoms with Gasteiger partial charge in [-0.3, -0.25) is 9.46 Å². The summed E-state index contributed by atoms with van der Waals surface area (Å²) in [7, 11) is 7.58. The Morgan fingerprint density at radius 2 is 1.60 bits per heavy atom. The highest BCUT2D eigenvalue weighted by molar-refractivity contribution is 7.45. The van der Waals surface area contributed by atoms with Crippen molar-refractivity contribution in [2.45, 2.75) is 36.3 Å². The average molecular weight is 605 g/mol. The zero-order valence-electron chi connectivity index (χ0n) is 24.1. The molecular formula is C32H34BFNO7P. The third-order valence-corrected chi connectivity index (χ3v) is 9.22. The van der Waals surface area contributed by atoms with Gasteiger partial charge in [-0.1, -0.05) is 60.7 Å². The number of alkyl halides is 1. The van der Waals surface area contributed by atoms with Crippen LogP contribution >= 0.6 is 8.53 Å². The minimum atomic E-state index is -1.88. The molecule has 3 unspecified atom stereocenters. The summed E-state index contributed by atoms with van der Waals surface area (Å²) in [6, 6.07) is 24.7. The van der Waals surface area contributed by atoms with Gasteiger partial charge in [0.25, 0.3) is 14.4 Å². The van der Waals surface area contributed by atoms with Crippen molar-refractivity contribution in [3.8, 4) is 11.5 Å². The highest BCUT2D eigenvalue weighted by atomic mass is 31.2. The van der Waals surface area contributed by atoms with Gasteiger partial charge < -0.3 is 28.0 Å². The first-order chi connectivity index (χ1) is 20.9. The highest BCUT2D eigenvalue weighted by Gasteiger charge is 2.45.